The third kappa shape index (κ3) is 6.99. The number of carbonyl (C=O) groups excluding carboxylic acids is 1. The van der Waals surface area contributed by atoms with Crippen molar-refractivity contribution < 1.29 is 24.1 Å². The molecule has 9 rings (SSSR count). The van der Waals surface area contributed by atoms with E-state index in [1.54, 1.807) is 26.5 Å². The van der Waals surface area contributed by atoms with Gasteiger partial charge in [0.2, 0.25) is 0 Å². The highest BCUT2D eigenvalue weighted by molar-refractivity contribution is 6.91. The number of aromatic nitrogens is 5. The number of rotatable bonds is 13. The van der Waals surface area contributed by atoms with Crippen LogP contribution in [0.2, 0.25) is 18.6 Å². The molecule has 1 spiro atoms. The summed E-state index contributed by atoms with van der Waals surface area (Å²) in [5.74, 6) is 0.743. The van der Waals surface area contributed by atoms with Crippen molar-refractivity contribution in [3.05, 3.63) is 166 Å². The van der Waals surface area contributed by atoms with Gasteiger partial charge in [-0.3, -0.25) is 14.3 Å². The van der Waals surface area contributed by atoms with E-state index in [4.69, 9.17) is 14.2 Å². The predicted octanol–water partition coefficient (Wildman–Crippen LogP) is 6.97. The van der Waals surface area contributed by atoms with Crippen molar-refractivity contribution in [3.63, 3.8) is 0 Å². The van der Waals surface area contributed by atoms with Crippen LogP contribution in [0, 0.1) is 5.92 Å². The predicted molar refractivity (Wildman–Crippen MR) is 241 cm³/mol. The Kier molecular flexibility index (Phi) is 10.9. The molecule has 1 amide bonds. The highest BCUT2D eigenvalue weighted by Crippen LogP contribution is 2.60. The Morgan fingerprint density at radius 3 is 2.37 bits per heavy atom. The van der Waals surface area contributed by atoms with E-state index in [1.807, 2.05) is 119 Å². The molecule has 2 aromatic heterocycles. The zero-order valence-corrected chi connectivity index (χ0v) is 36.5. The average Bonchev–Trinajstić information content (AvgIpc) is 3.96. The summed E-state index contributed by atoms with van der Waals surface area (Å²) in [6.45, 7) is 7.55. The molecule has 13 heteroatoms. The van der Waals surface area contributed by atoms with E-state index in [1.165, 1.54) is 9.87 Å². The zero-order valence-electron chi connectivity index (χ0n) is 35.5. The van der Waals surface area contributed by atoms with Crippen molar-refractivity contribution in [2.75, 3.05) is 25.7 Å². The van der Waals surface area contributed by atoms with Gasteiger partial charge >= 0.3 is 0 Å². The molecule has 0 bridgehead atoms. The summed E-state index contributed by atoms with van der Waals surface area (Å²) in [7, 11) is 0.859. The summed E-state index contributed by atoms with van der Waals surface area (Å²) in [6.07, 6.45) is 3.84. The molecule has 1 N–H and O–H groups in total. The third-order valence-electron chi connectivity index (χ3n) is 13.2. The molecular weight excluding hydrogens is 797 g/mol. The van der Waals surface area contributed by atoms with Gasteiger partial charge in [0.05, 0.1) is 76.1 Å². The number of aryl methyl sites for hydroxylation is 1. The molecule has 1 fully saturated rings. The lowest BCUT2D eigenvalue weighted by Gasteiger charge is -2.37. The number of hydrogen-bond acceptors (Lipinski definition) is 9. The van der Waals surface area contributed by atoms with Crippen LogP contribution in [0.3, 0.4) is 0 Å². The van der Waals surface area contributed by atoms with E-state index in [0.29, 0.717) is 35.5 Å². The lowest BCUT2D eigenvalue weighted by atomic mass is 9.82. The quantitative estimate of drug-likeness (QED) is 0.122. The number of fused-ring (bicyclic) bond motifs is 3. The number of ether oxygens (including phenoxy) is 3. The van der Waals surface area contributed by atoms with Crippen molar-refractivity contribution >= 4 is 35.6 Å². The van der Waals surface area contributed by atoms with Gasteiger partial charge in [0.1, 0.15) is 11.5 Å². The minimum atomic E-state index is -2.44. The van der Waals surface area contributed by atoms with Crippen molar-refractivity contribution in [2.45, 2.75) is 62.7 Å². The number of amides is 1. The van der Waals surface area contributed by atoms with Crippen LogP contribution < -0.4 is 25.1 Å². The van der Waals surface area contributed by atoms with E-state index in [9.17, 15) is 9.90 Å². The lowest BCUT2D eigenvalue weighted by Crippen LogP contribution is -2.51. The second-order valence-electron chi connectivity index (χ2n) is 16.9. The smallest absolute Gasteiger partial charge is 0.279 e. The van der Waals surface area contributed by atoms with Crippen LogP contribution in [0.4, 0.5) is 5.69 Å². The molecule has 7 aromatic rings. The fourth-order valence-electron chi connectivity index (χ4n) is 9.99. The van der Waals surface area contributed by atoms with E-state index in [0.717, 1.165) is 33.5 Å². The van der Waals surface area contributed by atoms with E-state index in [-0.39, 0.29) is 48.1 Å². The van der Waals surface area contributed by atoms with Gasteiger partial charge in [-0.1, -0.05) is 103 Å². The monoisotopic (exact) mass is 846 g/mol. The van der Waals surface area contributed by atoms with Crippen LogP contribution in [0.25, 0.3) is 16.5 Å². The van der Waals surface area contributed by atoms with Gasteiger partial charge < -0.3 is 24.2 Å². The van der Waals surface area contributed by atoms with Gasteiger partial charge in [-0.05, 0) is 71.6 Å². The average molecular weight is 847 g/mol. The third-order valence-corrected chi connectivity index (χ3v) is 17.5. The molecule has 2 aliphatic rings. The van der Waals surface area contributed by atoms with Crippen molar-refractivity contribution in [1.29, 1.82) is 0 Å². The fraction of sp³-hybridized carbons (Fsp3) is 0.286. The minimum Gasteiger partial charge on any atom is -0.497 e. The van der Waals surface area contributed by atoms with E-state index >= 15 is 4.79 Å². The second kappa shape index (κ2) is 16.5. The summed E-state index contributed by atoms with van der Waals surface area (Å²) in [5.41, 5.74) is 3.10. The fourth-order valence-corrected chi connectivity index (χ4v) is 14.0. The van der Waals surface area contributed by atoms with Crippen LogP contribution in [-0.4, -0.2) is 70.8 Å². The van der Waals surface area contributed by atoms with Gasteiger partial charge in [0.15, 0.2) is 5.60 Å². The summed E-state index contributed by atoms with van der Waals surface area (Å²) >= 11 is 0. The number of methoxy groups -OCH3 is 2. The molecule has 5 aromatic carbocycles. The molecule has 316 valence electrons. The first-order chi connectivity index (χ1) is 30.1. The molecule has 0 saturated carbocycles. The van der Waals surface area contributed by atoms with Crippen molar-refractivity contribution in [1.82, 2.24) is 24.8 Å². The molecule has 62 heavy (non-hydrogen) atoms. The van der Waals surface area contributed by atoms with Crippen molar-refractivity contribution in [3.8, 4) is 17.2 Å². The van der Waals surface area contributed by atoms with Crippen LogP contribution >= 0.6 is 0 Å². The summed E-state index contributed by atoms with van der Waals surface area (Å²) in [6, 6.07) is 39.0. The summed E-state index contributed by atoms with van der Waals surface area (Å²) in [4.78, 5) is 31.0. The first kappa shape index (κ1) is 41.0. The Morgan fingerprint density at radius 1 is 0.871 bits per heavy atom. The Bertz CT molecular complexity index is 2810. The van der Waals surface area contributed by atoms with Gasteiger partial charge in [-0.25, -0.2) is 0 Å². The molecule has 4 heterocycles. The van der Waals surface area contributed by atoms with Gasteiger partial charge in [-0.15, -0.1) is 5.10 Å². The zero-order chi connectivity index (χ0) is 43.2. The number of nitrogens with zero attached hydrogens (tertiary/aromatic N) is 6. The van der Waals surface area contributed by atoms with E-state index < -0.39 is 13.7 Å². The maximum absolute atomic E-state index is 15.6. The van der Waals surface area contributed by atoms with Crippen molar-refractivity contribution in [2.24, 2.45) is 5.92 Å². The first-order valence-corrected chi connectivity index (χ1v) is 24.1. The maximum atomic E-state index is 15.6. The first-order valence-electron chi connectivity index (χ1n) is 21.0. The largest absolute Gasteiger partial charge is 0.497 e. The lowest BCUT2D eigenvalue weighted by molar-refractivity contribution is -0.146. The highest BCUT2D eigenvalue weighted by atomic mass is 28.3. The van der Waals surface area contributed by atoms with Gasteiger partial charge in [0.25, 0.3) is 11.5 Å². The molecule has 0 aliphatic carbocycles. The molecule has 0 radical (unpaired) electrons. The Balaban J connectivity index is 1.08. The number of benzene rings is 5. The molecule has 2 aliphatic heterocycles. The molecule has 1 unspecified atom stereocenters. The Morgan fingerprint density at radius 2 is 1.61 bits per heavy atom. The number of aliphatic hydroxyl groups excluding tert-OH is 1. The van der Waals surface area contributed by atoms with E-state index in [2.05, 4.69) is 47.6 Å². The van der Waals surface area contributed by atoms with Gasteiger partial charge in [0, 0.05) is 29.6 Å². The van der Waals surface area contributed by atoms with Crippen LogP contribution in [0.5, 0.6) is 11.5 Å². The number of aliphatic hydroxyl groups is 1. The normalized spacial score (nSPS) is 20.2. The van der Waals surface area contributed by atoms with Crippen LogP contribution in [0.1, 0.15) is 41.6 Å². The van der Waals surface area contributed by atoms with Crippen LogP contribution in [-0.2, 0) is 28.2 Å². The summed E-state index contributed by atoms with van der Waals surface area (Å²) in [5, 5.41) is 26.4. The van der Waals surface area contributed by atoms with Crippen LogP contribution in [0.15, 0.2) is 139 Å². The minimum absolute atomic E-state index is 0.00877. The number of carbonyl (C=O) groups is 1. The Labute approximate surface area is 361 Å². The molecule has 5 atom stereocenters. The number of hydrogen-bond donors (Lipinski definition) is 1. The number of anilines is 1. The SMILES string of the molecule is COc1ccc([Si](C)(C)[C@@H]2[C@@H](CCn3cc(C(CO)c4ccccc4)nn3)O[C@]3(C(=O)N(Cc4cccc(-n5ncc6ccccc6c5=O)c4)c4ccc(OC)cc43)[C@H]2C)cc1. The van der Waals surface area contributed by atoms with Gasteiger partial charge in [-0.2, -0.15) is 9.78 Å². The summed E-state index contributed by atoms with van der Waals surface area (Å²) < 4.78 is 22.0. The Hall–Kier alpha value is -6.41. The molecule has 1 saturated heterocycles. The standard InChI is InChI=1S/C49H50N6O6Si/c1-32-46(62(4,5)39-21-18-37(59-2)19-22-39)45(24-25-53-30-43(51-52-53)41(31-56)34-13-7-6-8-14-34)61-49(32)42-27-38(60-3)20-23-44(42)54(48(49)58)29-33-12-11-16-36(26-33)55-47(57)40-17-10-9-15-35(40)28-50-55/h6-23,26-28,30,32,41,45-46,56H,24-25,29,31H2,1-5H3/t32-,41?,45+,46-,49+/m0/s1. The topological polar surface area (TPSA) is 134 Å². The maximum Gasteiger partial charge on any atom is 0.279 e. The molecule has 12 nitrogen and oxygen atoms in total. The highest BCUT2D eigenvalue weighted by Gasteiger charge is 2.66. The second-order valence-corrected chi connectivity index (χ2v) is 21.6. The molecular formula is C49H50N6O6Si.